The summed E-state index contributed by atoms with van der Waals surface area (Å²) in [5.41, 5.74) is 2.25. The fourth-order valence-corrected chi connectivity index (χ4v) is 1.23. The fraction of sp³-hybridized carbons (Fsp3) is 0.667. The van der Waals surface area contributed by atoms with Crippen molar-refractivity contribution < 1.29 is 0 Å². The summed E-state index contributed by atoms with van der Waals surface area (Å²) in [6, 6.07) is 0.551. The molecule has 0 aliphatic carbocycles. The lowest BCUT2D eigenvalue weighted by atomic mass is 10.1. The van der Waals surface area contributed by atoms with E-state index in [4.69, 9.17) is 0 Å². The zero-order valence-electron chi connectivity index (χ0n) is 5.89. The molecule has 2 N–H and O–H groups in total. The van der Waals surface area contributed by atoms with Crippen LogP contribution in [0, 0.1) is 0 Å². The predicted octanol–water partition coefficient (Wildman–Crippen LogP) is -0.161. The van der Waals surface area contributed by atoms with Gasteiger partial charge in [0.2, 0.25) is 0 Å². The maximum atomic E-state index is 3.92. The summed E-state index contributed by atoms with van der Waals surface area (Å²) in [5.74, 6) is 0. The third-order valence-electron chi connectivity index (χ3n) is 1.83. The van der Waals surface area contributed by atoms with Crippen LogP contribution in [0.2, 0.25) is 0 Å². The van der Waals surface area contributed by atoms with E-state index in [0.717, 1.165) is 18.7 Å². The standard InChI is InChI=1S/C6H10N4/c1-4-2-5-6(3-7-4)9-10-8-5/h4,7H,2-3H2,1H3,(H,8,9,10). The average molecular weight is 138 g/mol. The first kappa shape index (κ1) is 5.85. The van der Waals surface area contributed by atoms with Gasteiger partial charge in [0.1, 0.15) is 0 Å². The van der Waals surface area contributed by atoms with Crippen LogP contribution in [0.1, 0.15) is 18.3 Å². The number of hydrogen-bond acceptors (Lipinski definition) is 3. The van der Waals surface area contributed by atoms with Gasteiger partial charge in [-0.25, -0.2) is 0 Å². The number of aromatic nitrogens is 3. The summed E-state index contributed by atoms with van der Waals surface area (Å²) < 4.78 is 0. The van der Waals surface area contributed by atoms with Crippen molar-refractivity contribution in [2.45, 2.75) is 25.9 Å². The van der Waals surface area contributed by atoms with Gasteiger partial charge in [0.25, 0.3) is 0 Å². The molecule has 0 saturated carbocycles. The van der Waals surface area contributed by atoms with E-state index in [1.807, 2.05) is 0 Å². The van der Waals surface area contributed by atoms with E-state index in [1.54, 1.807) is 0 Å². The zero-order chi connectivity index (χ0) is 6.97. The molecule has 1 aromatic heterocycles. The highest BCUT2D eigenvalue weighted by molar-refractivity contribution is 5.12. The van der Waals surface area contributed by atoms with Gasteiger partial charge in [0, 0.05) is 19.0 Å². The van der Waals surface area contributed by atoms with Gasteiger partial charge in [-0.3, -0.25) is 5.10 Å². The molecule has 4 nitrogen and oxygen atoms in total. The van der Waals surface area contributed by atoms with E-state index in [9.17, 15) is 0 Å². The Balaban J connectivity index is 2.30. The Morgan fingerprint density at radius 3 is 3.40 bits per heavy atom. The van der Waals surface area contributed by atoms with Crippen LogP contribution in [-0.2, 0) is 13.0 Å². The number of nitrogens with zero attached hydrogens (tertiary/aromatic N) is 2. The van der Waals surface area contributed by atoms with E-state index >= 15 is 0 Å². The smallest absolute Gasteiger partial charge is 0.0994 e. The molecular weight excluding hydrogens is 128 g/mol. The highest BCUT2D eigenvalue weighted by Crippen LogP contribution is 2.09. The van der Waals surface area contributed by atoms with Crippen LogP contribution in [0.15, 0.2) is 0 Å². The lowest BCUT2D eigenvalue weighted by Crippen LogP contribution is -2.32. The van der Waals surface area contributed by atoms with Crippen molar-refractivity contribution in [3.05, 3.63) is 11.4 Å². The molecule has 1 atom stereocenters. The number of rotatable bonds is 0. The van der Waals surface area contributed by atoms with Crippen molar-refractivity contribution in [3.8, 4) is 0 Å². The van der Waals surface area contributed by atoms with Crippen LogP contribution in [0.5, 0.6) is 0 Å². The Labute approximate surface area is 59.0 Å². The second-order valence-electron chi connectivity index (χ2n) is 2.72. The van der Waals surface area contributed by atoms with Crippen LogP contribution in [-0.4, -0.2) is 21.5 Å². The van der Waals surface area contributed by atoms with Crippen molar-refractivity contribution in [1.82, 2.24) is 20.7 Å². The molecule has 4 heteroatoms. The Morgan fingerprint density at radius 2 is 2.50 bits per heavy atom. The molecule has 0 radical (unpaired) electrons. The van der Waals surface area contributed by atoms with E-state index in [1.165, 1.54) is 5.69 Å². The van der Waals surface area contributed by atoms with Gasteiger partial charge in [0.05, 0.1) is 11.4 Å². The number of H-pyrrole nitrogens is 1. The average Bonchev–Trinajstić information content (AvgIpc) is 2.33. The Bertz CT molecular complexity index is 229. The van der Waals surface area contributed by atoms with E-state index in [-0.39, 0.29) is 0 Å². The lowest BCUT2D eigenvalue weighted by molar-refractivity contribution is 0.503. The number of fused-ring (bicyclic) bond motifs is 1. The summed E-state index contributed by atoms with van der Waals surface area (Å²) in [5, 5.41) is 13.8. The molecule has 0 aromatic carbocycles. The molecule has 1 aliphatic heterocycles. The Morgan fingerprint density at radius 1 is 1.60 bits per heavy atom. The van der Waals surface area contributed by atoms with Crippen molar-refractivity contribution in [2.24, 2.45) is 0 Å². The van der Waals surface area contributed by atoms with Crippen LogP contribution in [0.4, 0.5) is 0 Å². The second-order valence-corrected chi connectivity index (χ2v) is 2.72. The fourth-order valence-electron chi connectivity index (χ4n) is 1.23. The van der Waals surface area contributed by atoms with Gasteiger partial charge >= 0.3 is 0 Å². The summed E-state index contributed by atoms with van der Waals surface area (Å²) in [6.45, 7) is 3.01. The van der Waals surface area contributed by atoms with Gasteiger partial charge in [-0.1, -0.05) is 5.21 Å². The quantitative estimate of drug-likeness (QED) is 0.523. The van der Waals surface area contributed by atoms with Gasteiger partial charge in [-0.05, 0) is 6.92 Å². The molecule has 1 unspecified atom stereocenters. The monoisotopic (exact) mass is 138 g/mol. The Hall–Kier alpha value is -0.900. The highest BCUT2D eigenvalue weighted by Gasteiger charge is 2.16. The van der Waals surface area contributed by atoms with Gasteiger partial charge < -0.3 is 5.32 Å². The topological polar surface area (TPSA) is 53.6 Å². The number of nitrogens with one attached hydrogen (secondary N) is 2. The summed E-state index contributed by atoms with van der Waals surface area (Å²) in [4.78, 5) is 0. The maximum Gasteiger partial charge on any atom is 0.0994 e. The maximum absolute atomic E-state index is 3.92. The summed E-state index contributed by atoms with van der Waals surface area (Å²) in [6.07, 6.45) is 1.02. The Kier molecular flexibility index (Phi) is 1.20. The minimum atomic E-state index is 0.551. The molecule has 2 rings (SSSR count). The predicted molar refractivity (Wildman–Crippen MR) is 36.4 cm³/mol. The lowest BCUT2D eigenvalue weighted by Gasteiger charge is -2.17. The van der Waals surface area contributed by atoms with E-state index in [0.29, 0.717) is 6.04 Å². The largest absolute Gasteiger partial charge is 0.308 e. The third-order valence-corrected chi connectivity index (χ3v) is 1.83. The minimum Gasteiger partial charge on any atom is -0.308 e. The molecule has 1 aromatic rings. The van der Waals surface area contributed by atoms with Gasteiger partial charge in [-0.15, -0.1) is 5.10 Å². The van der Waals surface area contributed by atoms with Crippen molar-refractivity contribution in [2.75, 3.05) is 0 Å². The molecule has 0 saturated heterocycles. The summed E-state index contributed by atoms with van der Waals surface area (Å²) in [7, 11) is 0. The molecule has 0 spiro atoms. The molecule has 54 valence electrons. The molecule has 2 heterocycles. The van der Waals surface area contributed by atoms with Crippen molar-refractivity contribution in [3.63, 3.8) is 0 Å². The van der Waals surface area contributed by atoms with Gasteiger partial charge in [-0.2, -0.15) is 0 Å². The van der Waals surface area contributed by atoms with E-state index in [2.05, 4.69) is 27.7 Å². The van der Waals surface area contributed by atoms with Crippen LogP contribution < -0.4 is 5.32 Å². The normalized spacial score (nSPS) is 24.3. The molecule has 0 bridgehead atoms. The molecule has 10 heavy (non-hydrogen) atoms. The van der Waals surface area contributed by atoms with Crippen LogP contribution in [0.3, 0.4) is 0 Å². The number of aromatic amines is 1. The van der Waals surface area contributed by atoms with Crippen LogP contribution >= 0.6 is 0 Å². The highest BCUT2D eigenvalue weighted by atomic mass is 15.3. The molecule has 1 aliphatic rings. The second kappa shape index (κ2) is 2.05. The first-order chi connectivity index (χ1) is 4.86. The first-order valence-electron chi connectivity index (χ1n) is 3.48. The SMILES string of the molecule is CC1Cc2[nH]nnc2CN1. The summed E-state index contributed by atoms with van der Waals surface area (Å²) >= 11 is 0. The molecule has 0 amide bonds. The molecular formula is C6H10N4. The number of hydrogen-bond donors (Lipinski definition) is 2. The van der Waals surface area contributed by atoms with Crippen molar-refractivity contribution in [1.29, 1.82) is 0 Å². The minimum absolute atomic E-state index is 0.551. The third kappa shape index (κ3) is 0.806. The molecule has 0 fully saturated rings. The first-order valence-corrected chi connectivity index (χ1v) is 3.48. The van der Waals surface area contributed by atoms with Crippen LogP contribution in [0.25, 0.3) is 0 Å². The zero-order valence-corrected chi connectivity index (χ0v) is 5.89. The van der Waals surface area contributed by atoms with Crippen molar-refractivity contribution >= 4 is 0 Å². The van der Waals surface area contributed by atoms with E-state index < -0.39 is 0 Å². The van der Waals surface area contributed by atoms with Gasteiger partial charge in [0.15, 0.2) is 0 Å².